The second-order valence-corrected chi connectivity index (χ2v) is 6.98. The van der Waals surface area contributed by atoms with E-state index < -0.39 is 0 Å². The van der Waals surface area contributed by atoms with Gasteiger partial charge in [0, 0.05) is 25.6 Å². The molecule has 0 aliphatic carbocycles. The molecule has 0 aromatic heterocycles. The third-order valence-corrected chi connectivity index (χ3v) is 4.66. The minimum Gasteiger partial charge on any atom is -0.342 e. The topological polar surface area (TPSA) is 23.6 Å². The molecule has 2 rings (SSSR count). The van der Waals surface area contributed by atoms with Gasteiger partial charge in [-0.15, -0.1) is 0 Å². The molecule has 2 aliphatic rings. The second kappa shape index (κ2) is 6.74. The summed E-state index contributed by atoms with van der Waals surface area (Å²) < 4.78 is 0. The van der Waals surface area contributed by atoms with Crippen LogP contribution in [0.3, 0.4) is 0 Å². The average Bonchev–Trinajstić information content (AvgIpc) is 2.39. The molecule has 0 spiro atoms. The molecule has 2 fully saturated rings. The van der Waals surface area contributed by atoms with Crippen LogP contribution in [0.4, 0.5) is 0 Å². The number of hydrogen-bond donors (Lipinski definition) is 0. The van der Waals surface area contributed by atoms with Gasteiger partial charge in [0.05, 0.1) is 0 Å². The SMILES string of the molecule is CC(C)CN1CCC(C(=O)N2CCC(C)CC2)CC1. The molecule has 0 radical (unpaired) electrons. The Kier molecular flexibility index (Phi) is 5.26. The molecule has 2 heterocycles. The maximum absolute atomic E-state index is 12.5. The van der Waals surface area contributed by atoms with E-state index in [1.165, 1.54) is 19.4 Å². The van der Waals surface area contributed by atoms with Gasteiger partial charge < -0.3 is 9.80 Å². The predicted molar refractivity (Wildman–Crippen MR) is 79.0 cm³/mol. The van der Waals surface area contributed by atoms with Crippen LogP contribution < -0.4 is 0 Å². The molecule has 0 N–H and O–H groups in total. The molecule has 19 heavy (non-hydrogen) atoms. The van der Waals surface area contributed by atoms with Crippen molar-refractivity contribution in [1.29, 1.82) is 0 Å². The largest absolute Gasteiger partial charge is 0.342 e. The van der Waals surface area contributed by atoms with Gasteiger partial charge in [-0.05, 0) is 50.6 Å². The number of hydrogen-bond acceptors (Lipinski definition) is 2. The Labute approximate surface area is 118 Å². The molecule has 2 aliphatic heterocycles. The molecule has 3 nitrogen and oxygen atoms in total. The lowest BCUT2D eigenvalue weighted by Crippen LogP contribution is -2.45. The zero-order valence-electron chi connectivity index (χ0n) is 12.9. The Hall–Kier alpha value is -0.570. The van der Waals surface area contributed by atoms with E-state index in [-0.39, 0.29) is 0 Å². The Bertz CT molecular complexity index is 287. The van der Waals surface area contributed by atoms with Gasteiger partial charge >= 0.3 is 0 Å². The maximum atomic E-state index is 12.5. The summed E-state index contributed by atoms with van der Waals surface area (Å²) in [5.41, 5.74) is 0. The third kappa shape index (κ3) is 4.20. The average molecular weight is 266 g/mol. The number of amides is 1. The number of carbonyl (C=O) groups is 1. The van der Waals surface area contributed by atoms with Crippen LogP contribution in [0.2, 0.25) is 0 Å². The van der Waals surface area contributed by atoms with Crippen molar-refractivity contribution < 1.29 is 4.79 Å². The highest BCUT2D eigenvalue weighted by Crippen LogP contribution is 2.23. The summed E-state index contributed by atoms with van der Waals surface area (Å²) in [7, 11) is 0. The standard InChI is InChI=1S/C16H30N2O/c1-13(2)12-17-8-6-15(7-9-17)16(19)18-10-4-14(3)5-11-18/h13-15H,4-12H2,1-3H3. The van der Waals surface area contributed by atoms with Crippen LogP contribution in [0, 0.1) is 17.8 Å². The highest BCUT2D eigenvalue weighted by atomic mass is 16.2. The first-order chi connectivity index (χ1) is 9.06. The van der Waals surface area contributed by atoms with Gasteiger partial charge in [0.25, 0.3) is 0 Å². The Balaban J connectivity index is 1.76. The molecule has 110 valence electrons. The zero-order valence-corrected chi connectivity index (χ0v) is 12.9. The molecule has 0 saturated carbocycles. The van der Waals surface area contributed by atoms with E-state index >= 15 is 0 Å². The molecule has 0 bridgehead atoms. The molecule has 0 aromatic rings. The zero-order chi connectivity index (χ0) is 13.8. The van der Waals surface area contributed by atoms with Gasteiger partial charge in [-0.2, -0.15) is 0 Å². The van der Waals surface area contributed by atoms with Gasteiger partial charge in [-0.1, -0.05) is 20.8 Å². The highest BCUT2D eigenvalue weighted by Gasteiger charge is 2.30. The smallest absolute Gasteiger partial charge is 0.225 e. The lowest BCUT2D eigenvalue weighted by molar-refractivity contribution is -0.138. The molecule has 1 amide bonds. The summed E-state index contributed by atoms with van der Waals surface area (Å²) in [6.07, 6.45) is 4.52. The lowest BCUT2D eigenvalue weighted by Gasteiger charge is -2.37. The summed E-state index contributed by atoms with van der Waals surface area (Å²) in [5.74, 6) is 2.28. The number of piperidine rings is 2. The van der Waals surface area contributed by atoms with Crippen molar-refractivity contribution in [3.8, 4) is 0 Å². The van der Waals surface area contributed by atoms with Gasteiger partial charge in [-0.3, -0.25) is 4.79 Å². The summed E-state index contributed by atoms with van der Waals surface area (Å²) in [4.78, 5) is 17.1. The van der Waals surface area contributed by atoms with Crippen LogP contribution in [-0.2, 0) is 4.79 Å². The van der Waals surface area contributed by atoms with Crippen LogP contribution in [0.1, 0.15) is 46.5 Å². The van der Waals surface area contributed by atoms with Gasteiger partial charge in [0.1, 0.15) is 0 Å². The molecule has 3 heteroatoms. The fourth-order valence-electron chi connectivity index (χ4n) is 3.37. The van der Waals surface area contributed by atoms with Gasteiger partial charge in [0.2, 0.25) is 5.91 Å². The maximum Gasteiger partial charge on any atom is 0.225 e. The molecule has 0 atom stereocenters. The van der Waals surface area contributed by atoms with Crippen molar-refractivity contribution in [2.24, 2.45) is 17.8 Å². The summed E-state index contributed by atoms with van der Waals surface area (Å²) in [5, 5.41) is 0. The fourth-order valence-corrected chi connectivity index (χ4v) is 3.37. The molecule has 0 unspecified atom stereocenters. The van der Waals surface area contributed by atoms with Crippen molar-refractivity contribution in [3.05, 3.63) is 0 Å². The van der Waals surface area contributed by atoms with Crippen LogP contribution in [0.15, 0.2) is 0 Å². The van der Waals surface area contributed by atoms with Crippen LogP contribution >= 0.6 is 0 Å². The van der Waals surface area contributed by atoms with E-state index in [9.17, 15) is 4.79 Å². The number of likely N-dealkylation sites (tertiary alicyclic amines) is 2. The highest BCUT2D eigenvalue weighted by molar-refractivity contribution is 5.79. The first-order valence-corrected chi connectivity index (χ1v) is 8.07. The fraction of sp³-hybridized carbons (Fsp3) is 0.938. The lowest BCUT2D eigenvalue weighted by atomic mass is 9.92. The minimum absolute atomic E-state index is 0.303. The van der Waals surface area contributed by atoms with Crippen molar-refractivity contribution in [2.45, 2.75) is 46.5 Å². The summed E-state index contributed by atoms with van der Waals surface area (Å²) in [6.45, 7) is 12.2. The number of rotatable bonds is 3. The minimum atomic E-state index is 0.303. The van der Waals surface area contributed by atoms with Crippen molar-refractivity contribution >= 4 is 5.91 Å². The van der Waals surface area contributed by atoms with E-state index in [4.69, 9.17) is 0 Å². The van der Waals surface area contributed by atoms with Gasteiger partial charge in [-0.25, -0.2) is 0 Å². The summed E-state index contributed by atoms with van der Waals surface area (Å²) >= 11 is 0. The van der Waals surface area contributed by atoms with E-state index in [0.29, 0.717) is 11.8 Å². The van der Waals surface area contributed by atoms with E-state index in [2.05, 4.69) is 30.6 Å². The monoisotopic (exact) mass is 266 g/mol. The predicted octanol–water partition coefficient (Wildman–Crippen LogP) is 2.61. The van der Waals surface area contributed by atoms with E-state index in [1.807, 2.05) is 0 Å². The third-order valence-electron chi connectivity index (χ3n) is 4.66. The van der Waals surface area contributed by atoms with Crippen molar-refractivity contribution in [3.63, 3.8) is 0 Å². The first-order valence-electron chi connectivity index (χ1n) is 8.07. The van der Waals surface area contributed by atoms with E-state index in [0.717, 1.165) is 50.9 Å². The van der Waals surface area contributed by atoms with E-state index in [1.54, 1.807) is 0 Å². The molecular formula is C16H30N2O. The van der Waals surface area contributed by atoms with Crippen LogP contribution in [0.25, 0.3) is 0 Å². The molecular weight excluding hydrogens is 236 g/mol. The van der Waals surface area contributed by atoms with Crippen LogP contribution in [-0.4, -0.2) is 48.4 Å². The Morgan fingerprint density at radius 2 is 1.63 bits per heavy atom. The van der Waals surface area contributed by atoms with Crippen LogP contribution in [0.5, 0.6) is 0 Å². The van der Waals surface area contributed by atoms with Crippen molar-refractivity contribution in [2.75, 3.05) is 32.7 Å². The second-order valence-electron chi connectivity index (χ2n) is 6.98. The number of nitrogens with zero attached hydrogens (tertiary/aromatic N) is 2. The number of carbonyl (C=O) groups excluding carboxylic acids is 1. The van der Waals surface area contributed by atoms with Gasteiger partial charge in [0.15, 0.2) is 0 Å². The quantitative estimate of drug-likeness (QED) is 0.784. The Morgan fingerprint density at radius 3 is 2.16 bits per heavy atom. The van der Waals surface area contributed by atoms with Crippen molar-refractivity contribution in [1.82, 2.24) is 9.80 Å². The normalized spacial score (nSPS) is 24.1. The Morgan fingerprint density at radius 1 is 1.05 bits per heavy atom. The molecule has 2 saturated heterocycles. The molecule has 0 aromatic carbocycles. The first kappa shape index (κ1) is 14.8. The summed E-state index contributed by atoms with van der Waals surface area (Å²) in [6, 6.07) is 0.